The molecule has 0 saturated heterocycles. The molecule has 2 unspecified atom stereocenters. The number of thiazole rings is 1. The van der Waals surface area contributed by atoms with E-state index in [4.69, 9.17) is 0 Å². The lowest BCUT2D eigenvalue weighted by Crippen LogP contribution is -2.29. The van der Waals surface area contributed by atoms with Crippen LogP contribution >= 0.6 is 11.3 Å². The largest absolute Gasteiger partial charge is 0.316 e. The van der Waals surface area contributed by atoms with Gasteiger partial charge in [0.05, 0.1) is 5.01 Å². The summed E-state index contributed by atoms with van der Waals surface area (Å²) in [6.07, 6.45) is 9.52. The van der Waals surface area contributed by atoms with Crippen molar-refractivity contribution >= 4 is 11.3 Å². The maximum absolute atomic E-state index is 4.66. The summed E-state index contributed by atoms with van der Waals surface area (Å²) in [7, 11) is 0. The molecule has 0 spiro atoms. The summed E-state index contributed by atoms with van der Waals surface area (Å²) in [6.45, 7) is 6.73. The molecule has 1 aromatic rings. The Balaban J connectivity index is 1.92. The molecule has 2 atom stereocenters. The first-order valence-corrected chi connectivity index (χ1v) is 8.79. The van der Waals surface area contributed by atoms with Crippen molar-refractivity contribution in [2.45, 2.75) is 58.8 Å². The average molecular weight is 280 g/mol. The van der Waals surface area contributed by atoms with Gasteiger partial charge in [-0.15, -0.1) is 11.3 Å². The molecular formula is C16H28N2S. The van der Waals surface area contributed by atoms with E-state index in [-0.39, 0.29) is 0 Å². The predicted octanol–water partition coefficient (Wildman–Crippen LogP) is 4.19. The van der Waals surface area contributed by atoms with Crippen molar-refractivity contribution in [2.24, 2.45) is 11.8 Å². The molecule has 1 aromatic heterocycles. The summed E-state index contributed by atoms with van der Waals surface area (Å²) in [5.41, 5.74) is 1.19. The lowest BCUT2D eigenvalue weighted by atomic mass is 9.85. The van der Waals surface area contributed by atoms with Crippen molar-refractivity contribution in [1.29, 1.82) is 0 Å². The molecule has 0 amide bonds. The summed E-state index contributed by atoms with van der Waals surface area (Å²) in [5, 5.41) is 7.18. The molecule has 1 N–H and O–H groups in total. The van der Waals surface area contributed by atoms with E-state index >= 15 is 0 Å². The fraction of sp³-hybridized carbons (Fsp3) is 0.812. The molecule has 0 bridgehead atoms. The standard InChI is InChI=1S/C16H28N2S/c1-3-9-17-11-15-8-6-4-5-7-14(15)10-16-18-13(2)12-19-16/h12,14-15,17H,3-11H2,1-2H3. The van der Waals surface area contributed by atoms with Crippen molar-refractivity contribution in [2.75, 3.05) is 13.1 Å². The molecule has 1 fully saturated rings. The van der Waals surface area contributed by atoms with Crippen LogP contribution in [0.4, 0.5) is 0 Å². The van der Waals surface area contributed by atoms with Crippen LogP contribution in [0.25, 0.3) is 0 Å². The number of nitrogens with zero attached hydrogens (tertiary/aromatic N) is 1. The minimum Gasteiger partial charge on any atom is -0.316 e. The molecule has 1 heterocycles. The molecule has 1 aliphatic carbocycles. The van der Waals surface area contributed by atoms with Gasteiger partial charge in [0.2, 0.25) is 0 Å². The number of aryl methyl sites for hydroxylation is 1. The van der Waals surface area contributed by atoms with Crippen LogP contribution in [-0.4, -0.2) is 18.1 Å². The molecule has 1 saturated carbocycles. The normalized spacial score (nSPS) is 24.3. The maximum atomic E-state index is 4.66. The predicted molar refractivity (Wildman–Crippen MR) is 83.8 cm³/mol. The summed E-state index contributed by atoms with van der Waals surface area (Å²) in [6, 6.07) is 0. The zero-order valence-corrected chi connectivity index (χ0v) is 13.3. The first-order chi connectivity index (χ1) is 9.29. The van der Waals surface area contributed by atoms with Crippen LogP contribution in [-0.2, 0) is 6.42 Å². The fourth-order valence-electron chi connectivity index (χ4n) is 3.18. The van der Waals surface area contributed by atoms with Crippen molar-refractivity contribution in [1.82, 2.24) is 10.3 Å². The Morgan fingerprint density at radius 1 is 1.26 bits per heavy atom. The van der Waals surface area contributed by atoms with Gasteiger partial charge in [-0.05, 0) is 51.1 Å². The molecule has 2 nitrogen and oxygen atoms in total. The lowest BCUT2D eigenvalue weighted by molar-refractivity contribution is 0.298. The first kappa shape index (κ1) is 15.0. The minimum atomic E-state index is 0.845. The molecule has 3 heteroatoms. The summed E-state index contributed by atoms with van der Waals surface area (Å²) < 4.78 is 0. The Morgan fingerprint density at radius 2 is 2.05 bits per heavy atom. The highest BCUT2D eigenvalue weighted by atomic mass is 32.1. The molecular weight excluding hydrogens is 252 g/mol. The van der Waals surface area contributed by atoms with Crippen LogP contribution in [0.15, 0.2) is 5.38 Å². The van der Waals surface area contributed by atoms with Gasteiger partial charge < -0.3 is 5.32 Å². The third-order valence-electron chi connectivity index (χ3n) is 4.25. The molecule has 19 heavy (non-hydrogen) atoms. The topological polar surface area (TPSA) is 24.9 Å². The van der Waals surface area contributed by atoms with Gasteiger partial charge in [-0.3, -0.25) is 0 Å². The van der Waals surface area contributed by atoms with Crippen molar-refractivity contribution in [3.05, 3.63) is 16.1 Å². The zero-order valence-electron chi connectivity index (χ0n) is 12.5. The van der Waals surface area contributed by atoms with Crippen LogP contribution in [0.5, 0.6) is 0 Å². The van der Waals surface area contributed by atoms with E-state index in [1.165, 1.54) is 68.7 Å². The summed E-state index contributed by atoms with van der Waals surface area (Å²) in [4.78, 5) is 4.66. The first-order valence-electron chi connectivity index (χ1n) is 7.91. The molecule has 1 aliphatic rings. The van der Waals surface area contributed by atoms with Gasteiger partial charge in [-0.2, -0.15) is 0 Å². The highest BCUT2D eigenvalue weighted by Crippen LogP contribution is 2.31. The molecule has 0 aromatic carbocycles. The van der Waals surface area contributed by atoms with Crippen LogP contribution in [0.3, 0.4) is 0 Å². The minimum absolute atomic E-state index is 0.845. The second-order valence-corrected chi connectivity index (χ2v) is 6.89. The van der Waals surface area contributed by atoms with Gasteiger partial charge in [0, 0.05) is 17.5 Å². The van der Waals surface area contributed by atoms with Crippen LogP contribution < -0.4 is 5.32 Å². The Kier molecular flexibility index (Phi) is 6.32. The van der Waals surface area contributed by atoms with E-state index in [0.29, 0.717) is 0 Å². The third kappa shape index (κ3) is 4.88. The van der Waals surface area contributed by atoms with E-state index in [2.05, 4.69) is 29.5 Å². The molecule has 0 aliphatic heterocycles. The summed E-state index contributed by atoms with van der Waals surface area (Å²) in [5.74, 6) is 1.70. The van der Waals surface area contributed by atoms with Gasteiger partial charge in [-0.1, -0.05) is 26.2 Å². The number of aromatic nitrogens is 1. The van der Waals surface area contributed by atoms with Crippen LogP contribution in [0.1, 0.15) is 56.2 Å². The second kappa shape index (κ2) is 8.01. The van der Waals surface area contributed by atoms with E-state index in [0.717, 1.165) is 11.8 Å². The zero-order chi connectivity index (χ0) is 13.5. The van der Waals surface area contributed by atoms with Gasteiger partial charge in [0.15, 0.2) is 0 Å². The highest BCUT2D eigenvalue weighted by molar-refractivity contribution is 7.09. The molecule has 0 radical (unpaired) electrons. The maximum Gasteiger partial charge on any atom is 0.0930 e. The van der Waals surface area contributed by atoms with Crippen LogP contribution in [0.2, 0.25) is 0 Å². The van der Waals surface area contributed by atoms with Crippen molar-refractivity contribution in [3.63, 3.8) is 0 Å². The molecule has 108 valence electrons. The number of nitrogens with one attached hydrogen (secondary N) is 1. The molecule has 2 rings (SSSR count). The van der Waals surface area contributed by atoms with Crippen LogP contribution in [0, 0.1) is 18.8 Å². The van der Waals surface area contributed by atoms with E-state index in [1.54, 1.807) is 0 Å². The smallest absolute Gasteiger partial charge is 0.0930 e. The van der Waals surface area contributed by atoms with Gasteiger partial charge >= 0.3 is 0 Å². The number of rotatable bonds is 6. The average Bonchev–Trinajstić information content (AvgIpc) is 2.68. The van der Waals surface area contributed by atoms with Gasteiger partial charge in [-0.25, -0.2) is 4.98 Å². The Bertz CT molecular complexity index is 361. The highest BCUT2D eigenvalue weighted by Gasteiger charge is 2.24. The van der Waals surface area contributed by atoms with E-state index in [1.807, 2.05) is 11.3 Å². The van der Waals surface area contributed by atoms with Crippen molar-refractivity contribution < 1.29 is 0 Å². The Hall–Kier alpha value is -0.410. The SMILES string of the molecule is CCCNCC1CCCCCC1Cc1nc(C)cs1. The Labute approximate surface area is 122 Å². The van der Waals surface area contributed by atoms with Gasteiger partial charge in [0.1, 0.15) is 0 Å². The van der Waals surface area contributed by atoms with E-state index in [9.17, 15) is 0 Å². The Morgan fingerprint density at radius 3 is 2.74 bits per heavy atom. The quantitative estimate of drug-likeness (QED) is 0.624. The van der Waals surface area contributed by atoms with E-state index < -0.39 is 0 Å². The number of hydrogen-bond donors (Lipinski definition) is 1. The monoisotopic (exact) mass is 280 g/mol. The van der Waals surface area contributed by atoms with Crippen molar-refractivity contribution in [3.8, 4) is 0 Å². The third-order valence-corrected chi connectivity index (χ3v) is 5.24. The van der Waals surface area contributed by atoms with Gasteiger partial charge in [0.25, 0.3) is 0 Å². The number of hydrogen-bond acceptors (Lipinski definition) is 3. The second-order valence-electron chi connectivity index (χ2n) is 5.95. The fourth-order valence-corrected chi connectivity index (χ4v) is 4.05. The lowest BCUT2D eigenvalue weighted by Gasteiger charge is -2.24. The summed E-state index contributed by atoms with van der Waals surface area (Å²) >= 11 is 1.85.